The van der Waals surface area contributed by atoms with Gasteiger partial charge in [-0.15, -0.1) is 0 Å². The van der Waals surface area contributed by atoms with E-state index in [1.54, 1.807) is 0 Å². The van der Waals surface area contributed by atoms with Crippen LogP contribution in [0.25, 0.3) is 0 Å². The second-order valence-electron chi connectivity index (χ2n) is 2.70. The van der Waals surface area contributed by atoms with Crippen molar-refractivity contribution in [3.63, 3.8) is 0 Å². The molecule has 2 saturated heterocycles. The van der Waals surface area contributed by atoms with Crippen LogP contribution < -0.4 is 5.73 Å². The highest BCUT2D eigenvalue weighted by Crippen LogP contribution is 2.25. The molecule has 52 valence electrons. The van der Waals surface area contributed by atoms with Gasteiger partial charge in [0.2, 0.25) is 0 Å². The van der Waals surface area contributed by atoms with Crippen LogP contribution in [0.2, 0.25) is 0 Å². The fourth-order valence-electron chi connectivity index (χ4n) is 1.36. The van der Waals surface area contributed by atoms with E-state index >= 15 is 0 Å². The van der Waals surface area contributed by atoms with Crippen molar-refractivity contribution in [2.24, 2.45) is 5.73 Å². The summed E-state index contributed by atoms with van der Waals surface area (Å²) in [6.45, 7) is 0.748. The molecule has 2 rings (SSSR count). The van der Waals surface area contributed by atoms with Gasteiger partial charge in [0.1, 0.15) is 0 Å². The summed E-state index contributed by atoms with van der Waals surface area (Å²) in [4.78, 5) is 0. The van der Waals surface area contributed by atoms with Crippen LogP contribution in [0.3, 0.4) is 0 Å². The summed E-state index contributed by atoms with van der Waals surface area (Å²) in [5, 5.41) is 0. The van der Waals surface area contributed by atoms with Gasteiger partial charge >= 0.3 is 0 Å². The SMILES string of the molecule is NC1CCC2CO[C@@H]1O2. The van der Waals surface area contributed by atoms with Crippen molar-refractivity contribution in [1.29, 1.82) is 0 Å². The molecule has 2 fully saturated rings. The number of hydrogen-bond donors (Lipinski definition) is 1. The largest absolute Gasteiger partial charge is 0.348 e. The highest BCUT2D eigenvalue weighted by Gasteiger charge is 2.35. The Bertz CT molecular complexity index is 118. The molecule has 0 aromatic carbocycles. The van der Waals surface area contributed by atoms with Crippen molar-refractivity contribution in [1.82, 2.24) is 0 Å². The van der Waals surface area contributed by atoms with Gasteiger partial charge in [-0.2, -0.15) is 0 Å². The third-order valence-electron chi connectivity index (χ3n) is 1.94. The summed E-state index contributed by atoms with van der Waals surface area (Å²) in [6, 6.07) is 0.115. The molecule has 2 unspecified atom stereocenters. The van der Waals surface area contributed by atoms with E-state index in [2.05, 4.69) is 0 Å². The highest BCUT2D eigenvalue weighted by molar-refractivity contribution is 4.80. The summed E-state index contributed by atoms with van der Waals surface area (Å²) in [7, 11) is 0. The van der Waals surface area contributed by atoms with E-state index in [4.69, 9.17) is 15.2 Å². The van der Waals surface area contributed by atoms with Gasteiger partial charge in [-0.05, 0) is 12.8 Å². The molecule has 9 heavy (non-hydrogen) atoms. The van der Waals surface area contributed by atoms with E-state index in [9.17, 15) is 0 Å². The summed E-state index contributed by atoms with van der Waals surface area (Å²) < 4.78 is 10.6. The Labute approximate surface area is 54.1 Å². The molecule has 2 N–H and O–H groups in total. The Kier molecular flexibility index (Phi) is 1.22. The predicted octanol–water partition coefficient (Wildman–Crippen LogP) is -0.151. The van der Waals surface area contributed by atoms with Crippen molar-refractivity contribution in [2.45, 2.75) is 31.3 Å². The van der Waals surface area contributed by atoms with Gasteiger partial charge in [0.05, 0.1) is 18.8 Å². The van der Waals surface area contributed by atoms with Crippen LogP contribution in [0.1, 0.15) is 12.8 Å². The Morgan fingerprint density at radius 3 is 3.00 bits per heavy atom. The maximum Gasteiger partial charge on any atom is 0.173 e. The highest BCUT2D eigenvalue weighted by atomic mass is 16.7. The maximum atomic E-state index is 5.67. The van der Waals surface area contributed by atoms with E-state index in [1.807, 2.05) is 0 Å². The maximum absolute atomic E-state index is 5.67. The van der Waals surface area contributed by atoms with Crippen molar-refractivity contribution >= 4 is 0 Å². The zero-order valence-corrected chi connectivity index (χ0v) is 5.25. The van der Waals surface area contributed by atoms with Crippen LogP contribution in [0.5, 0.6) is 0 Å². The average Bonchev–Trinajstić information content (AvgIpc) is 2.25. The molecule has 2 aliphatic rings. The minimum absolute atomic E-state index is 0.0938. The summed E-state index contributed by atoms with van der Waals surface area (Å²) in [5.74, 6) is 0. The molecule has 3 nitrogen and oxygen atoms in total. The predicted molar refractivity (Wildman–Crippen MR) is 31.8 cm³/mol. The number of ether oxygens (including phenoxy) is 2. The van der Waals surface area contributed by atoms with E-state index in [0.29, 0.717) is 6.10 Å². The normalized spacial score (nSPS) is 49.7. The fraction of sp³-hybridized carbons (Fsp3) is 1.00. The van der Waals surface area contributed by atoms with Gasteiger partial charge in [-0.1, -0.05) is 0 Å². The van der Waals surface area contributed by atoms with Crippen LogP contribution in [0, 0.1) is 0 Å². The van der Waals surface area contributed by atoms with E-state index in [1.165, 1.54) is 0 Å². The molecule has 0 aromatic heterocycles. The first kappa shape index (κ1) is 5.65. The molecule has 0 spiro atoms. The fourth-order valence-corrected chi connectivity index (χ4v) is 1.36. The molecule has 0 saturated carbocycles. The Morgan fingerprint density at radius 1 is 1.33 bits per heavy atom. The monoisotopic (exact) mass is 129 g/mol. The molecular formula is C6H11NO2. The third kappa shape index (κ3) is 0.852. The number of fused-ring (bicyclic) bond motifs is 2. The Balaban J connectivity index is 2.05. The van der Waals surface area contributed by atoms with Crippen LogP contribution in [0.4, 0.5) is 0 Å². The topological polar surface area (TPSA) is 44.5 Å². The molecule has 2 bridgehead atoms. The zero-order valence-electron chi connectivity index (χ0n) is 5.25. The Morgan fingerprint density at radius 2 is 2.22 bits per heavy atom. The molecule has 2 heterocycles. The van der Waals surface area contributed by atoms with E-state index in [-0.39, 0.29) is 12.3 Å². The van der Waals surface area contributed by atoms with Crippen molar-refractivity contribution in [2.75, 3.05) is 6.61 Å². The lowest BCUT2D eigenvalue weighted by Gasteiger charge is -2.23. The third-order valence-corrected chi connectivity index (χ3v) is 1.94. The smallest absolute Gasteiger partial charge is 0.173 e. The lowest BCUT2D eigenvalue weighted by Crippen LogP contribution is -2.39. The summed E-state index contributed by atoms with van der Waals surface area (Å²) in [6.07, 6.45) is 2.37. The standard InChI is InChI=1S/C6H11NO2/c7-5-2-1-4-3-8-6(5)9-4/h4-6H,1-3,7H2/t4?,5?,6-/m1/s1. The molecular weight excluding hydrogens is 118 g/mol. The molecule has 0 aromatic rings. The lowest BCUT2D eigenvalue weighted by atomic mass is 10.1. The average molecular weight is 129 g/mol. The van der Waals surface area contributed by atoms with Crippen molar-refractivity contribution < 1.29 is 9.47 Å². The molecule has 0 amide bonds. The quantitative estimate of drug-likeness (QED) is 0.494. The number of rotatable bonds is 0. The van der Waals surface area contributed by atoms with Crippen molar-refractivity contribution in [3.05, 3.63) is 0 Å². The van der Waals surface area contributed by atoms with Gasteiger partial charge in [-0.3, -0.25) is 0 Å². The van der Waals surface area contributed by atoms with E-state index in [0.717, 1.165) is 19.4 Å². The molecule has 2 aliphatic heterocycles. The number of nitrogens with two attached hydrogens (primary N) is 1. The van der Waals surface area contributed by atoms with Crippen LogP contribution in [0.15, 0.2) is 0 Å². The van der Waals surface area contributed by atoms with E-state index < -0.39 is 0 Å². The minimum atomic E-state index is -0.0938. The molecule has 3 heteroatoms. The first-order chi connectivity index (χ1) is 4.36. The van der Waals surface area contributed by atoms with Crippen LogP contribution >= 0.6 is 0 Å². The van der Waals surface area contributed by atoms with Gasteiger partial charge in [-0.25, -0.2) is 0 Å². The molecule has 0 aliphatic carbocycles. The minimum Gasteiger partial charge on any atom is -0.348 e. The molecule has 0 radical (unpaired) electrons. The Hall–Kier alpha value is -0.120. The first-order valence-electron chi connectivity index (χ1n) is 3.39. The van der Waals surface area contributed by atoms with Gasteiger partial charge in [0.25, 0.3) is 0 Å². The van der Waals surface area contributed by atoms with Gasteiger partial charge in [0.15, 0.2) is 6.29 Å². The zero-order chi connectivity index (χ0) is 6.27. The van der Waals surface area contributed by atoms with Crippen LogP contribution in [-0.2, 0) is 9.47 Å². The second kappa shape index (κ2) is 1.94. The summed E-state index contributed by atoms with van der Waals surface area (Å²) >= 11 is 0. The lowest BCUT2D eigenvalue weighted by molar-refractivity contribution is -0.0942. The van der Waals surface area contributed by atoms with Gasteiger partial charge < -0.3 is 15.2 Å². The number of hydrogen-bond acceptors (Lipinski definition) is 3. The first-order valence-corrected chi connectivity index (χ1v) is 3.39. The second-order valence-corrected chi connectivity index (χ2v) is 2.70. The molecule has 3 atom stereocenters. The van der Waals surface area contributed by atoms with Gasteiger partial charge in [0, 0.05) is 0 Å². The van der Waals surface area contributed by atoms with Crippen LogP contribution in [-0.4, -0.2) is 25.0 Å². The van der Waals surface area contributed by atoms with Crippen molar-refractivity contribution in [3.8, 4) is 0 Å². The summed E-state index contributed by atoms with van der Waals surface area (Å²) in [5.41, 5.74) is 5.67.